The Bertz CT molecular complexity index is 1770. The SMILES string of the molecule is CCc1cc(NCc2ccc3oc(-c4ccccc4-c4nnn[nH]4)c(Br)c3c2)n2c(C(=O)O)cnc2n1. The predicted molar refractivity (Wildman–Crippen MR) is 139 cm³/mol. The molecule has 6 aromatic rings. The minimum Gasteiger partial charge on any atom is -0.477 e. The first kappa shape index (κ1) is 22.9. The van der Waals surface area contributed by atoms with Crippen molar-refractivity contribution in [1.82, 2.24) is 35.0 Å². The number of H-pyrrole nitrogens is 1. The van der Waals surface area contributed by atoms with Gasteiger partial charge in [0.15, 0.2) is 11.5 Å². The number of aromatic nitrogens is 7. The first-order chi connectivity index (χ1) is 18.0. The summed E-state index contributed by atoms with van der Waals surface area (Å²) in [6.07, 6.45) is 2.01. The number of hydrogen-bond donors (Lipinski definition) is 3. The first-order valence-electron chi connectivity index (χ1n) is 11.4. The number of halogens is 1. The summed E-state index contributed by atoms with van der Waals surface area (Å²) in [4.78, 5) is 20.3. The van der Waals surface area contributed by atoms with E-state index in [4.69, 9.17) is 4.42 Å². The van der Waals surface area contributed by atoms with Crippen LogP contribution in [-0.4, -0.2) is 46.1 Å². The molecule has 0 saturated heterocycles. The number of aryl methyl sites for hydroxylation is 1. The third-order valence-electron chi connectivity index (χ3n) is 6.05. The molecule has 0 radical (unpaired) electrons. The van der Waals surface area contributed by atoms with Crippen LogP contribution in [0, 0.1) is 0 Å². The summed E-state index contributed by atoms with van der Waals surface area (Å²) in [6, 6.07) is 15.5. The van der Waals surface area contributed by atoms with Gasteiger partial charge in [0.1, 0.15) is 17.2 Å². The van der Waals surface area contributed by atoms with Crippen LogP contribution in [0.25, 0.3) is 39.5 Å². The van der Waals surface area contributed by atoms with Crippen LogP contribution in [-0.2, 0) is 13.0 Å². The highest BCUT2D eigenvalue weighted by Crippen LogP contribution is 2.41. The minimum absolute atomic E-state index is 0.0472. The van der Waals surface area contributed by atoms with E-state index < -0.39 is 5.97 Å². The van der Waals surface area contributed by atoms with Crippen molar-refractivity contribution in [3.8, 4) is 22.7 Å². The molecule has 6 rings (SSSR count). The Hall–Kier alpha value is -4.58. The summed E-state index contributed by atoms with van der Waals surface area (Å²) in [5.41, 5.74) is 4.22. The molecule has 0 aliphatic rings. The molecule has 0 amide bonds. The number of carboxylic acids is 1. The number of nitrogens with one attached hydrogen (secondary N) is 2. The maximum Gasteiger partial charge on any atom is 0.354 e. The van der Waals surface area contributed by atoms with Gasteiger partial charge in [0.25, 0.3) is 0 Å². The Kier molecular flexibility index (Phi) is 5.64. The summed E-state index contributed by atoms with van der Waals surface area (Å²) in [5, 5.41) is 28.1. The van der Waals surface area contributed by atoms with Crippen LogP contribution in [0.1, 0.15) is 28.7 Å². The van der Waals surface area contributed by atoms with Crippen LogP contribution in [0.3, 0.4) is 0 Å². The third kappa shape index (κ3) is 4.00. The number of carbonyl (C=O) groups is 1. The maximum absolute atomic E-state index is 11.7. The van der Waals surface area contributed by atoms with Crippen molar-refractivity contribution in [3.63, 3.8) is 0 Å². The number of hydrogen-bond acceptors (Lipinski definition) is 8. The van der Waals surface area contributed by atoms with Crippen molar-refractivity contribution >= 4 is 44.5 Å². The molecule has 3 N–H and O–H groups in total. The Morgan fingerprint density at radius 3 is 2.78 bits per heavy atom. The van der Waals surface area contributed by atoms with Crippen LogP contribution in [0.15, 0.2) is 63.6 Å². The molecular formula is C25H19BrN8O3. The number of fused-ring (bicyclic) bond motifs is 2. The quantitative estimate of drug-likeness (QED) is 0.247. The average molecular weight is 559 g/mol. The average Bonchev–Trinajstić information content (AvgIpc) is 3.66. The highest BCUT2D eigenvalue weighted by molar-refractivity contribution is 9.10. The highest BCUT2D eigenvalue weighted by Gasteiger charge is 2.20. The smallest absolute Gasteiger partial charge is 0.354 e. The molecule has 12 heteroatoms. The zero-order valence-corrected chi connectivity index (χ0v) is 21.0. The molecule has 4 aromatic heterocycles. The summed E-state index contributed by atoms with van der Waals surface area (Å²) in [7, 11) is 0. The zero-order valence-electron chi connectivity index (χ0n) is 19.4. The van der Waals surface area contributed by atoms with Crippen molar-refractivity contribution in [2.24, 2.45) is 0 Å². The van der Waals surface area contributed by atoms with Crippen LogP contribution in [0.5, 0.6) is 0 Å². The number of tetrazole rings is 1. The van der Waals surface area contributed by atoms with Gasteiger partial charge in [-0.2, -0.15) is 0 Å². The van der Waals surface area contributed by atoms with Gasteiger partial charge in [-0.05, 0) is 50.5 Å². The van der Waals surface area contributed by atoms with Crippen molar-refractivity contribution in [2.45, 2.75) is 19.9 Å². The van der Waals surface area contributed by atoms with Crippen LogP contribution in [0.2, 0.25) is 0 Å². The number of nitrogens with zero attached hydrogens (tertiary/aromatic N) is 6. The van der Waals surface area contributed by atoms with Crippen molar-refractivity contribution in [2.75, 3.05) is 5.32 Å². The summed E-state index contributed by atoms with van der Waals surface area (Å²) in [5.74, 6) is 1.10. The molecule has 0 unspecified atom stereocenters. The second-order valence-electron chi connectivity index (χ2n) is 8.29. The molecule has 0 saturated carbocycles. The predicted octanol–water partition coefficient (Wildman–Crippen LogP) is 4.96. The van der Waals surface area contributed by atoms with E-state index in [1.165, 1.54) is 10.6 Å². The van der Waals surface area contributed by atoms with Gasteiger partial charge in [0, 0.05) is 34.8 Å². The van der Waals surface area contributed by atoms with Gasteiger partial charge in [0.05, 0.1) is 10.7 Å². The van der Waals surface area contributed by atoms with Gasteiger partial charge in [-0.3, -0.25) is 4.40 Å². The van der Waals surface area contributed by atoms with Crippen molar-refractivity contribution in [1.29, 1.82) is 0 Å². The molecular weight excluding hydrogens is 540 g/mol. The Balaban J connectivity index is 1.36. The monoisotopic (exact) mass is 558 g/mol. The van der Waals surface area contributed by atoms with Gasteiger partial charge in [0.2, 0.25) is 5.78 Å². The normalized spacial score (nSPS) is 11.4. The van der Waals surface area contributed by atoms with Gasteiger partial charge in [-0.15, -0.1) is 5.10 Å². The number of carboxylic acid groups (broad SMARTS) is 1. The van der Waals surface area contributed by atoms with E-state index in [1.54, 1.807) is 0 Å². The fraction of sp³-hybridized carbons (Fsp3) is 0.120. The minimum atomic E-state index is -1.07. The molecule has 0 aliphatic carbocycles. The van der Waals surface area contributed by atoms with E-state index in [-0.39, 0.29) is 5.69 Å². The van der Waals surface area contributed by atoms with Gasteiger partial charge >= 0.3 is 5.97 Å². The maximum atomic E-state index is 11.7. The van der Waals surface area contributed by atoms with Crippen LogP contribution < -0.4 is 5.32 Å². The standard InChI is InChI=1S/C25H19BrN8O3/c1-2-14-10-20(34-18(24(35)36)12-28-25(34)29-14)27-11-13-7-8-19-17(9-13)21(26)22(37-19)15-5-3-4-6-16(15)23-30-32-33-31-23/h3-10,12,27H,2,11H2,1H3,(H,35,36)(H,30,31,32,33). The molecule has 37 heavy (non-hydrogen) atoms. The van der Waals surface area contributed by atoms with E-state index in [2.05, 4.69) is 51.8 Å². The lowest BCUT2D eigenvalue weighted by molar-refractivity contribution is 0.0689. The fourth-order valence-corrected chi connectivity index (χ4v) is 4.86. The summed E-state index contributed by atoms with van der Waals surface area (Å²) in [6.45, 7) is 2.44. The van der Waals surface area contributed by atoms with Gasteiger partial charge in [-0.25, -0.2) is 19.9 Å². The molecule has 0 aliphatic heterocycles. The molecule has 11 nitrogen and oxygen atoms in total. The Labute approximate surface area is 217 Å². The molecule has 2 aromatic carbocycles. The van der Waals surface area contributed by atoms with E-state index in [1.807, 2.05) is 55.5 Å². The van der Waals surface area contributed by atoms with E-state index in [0.29, 0.717) is 36.1 Å². The van der Waals surface area contributed by atoms with E-state index >= 15 is 0 Å². The Morgan fingerprint density at radius 2 is 2.03 bits per heavy atom. The Morgan fingerprint density at radius 1 is 1.19 bits per heavy atom. The van der Waals surface area contributed by atoms with Gasteiger partial charge in [-0.1, -0.05) is 37.3 Å². The fourth-order valence-electron chi connectivity index (χ4n) is 4.26. The summed E-state index contributed by atoms with van der Waals surface area (Å²) >= 11 is 3.73. The number of aromatic amines is 1. The molecule has 0 spiro atoms. The topological polar surface area (TPSA) is 147 Å². The second kappa shape index (κ2) is 9.13. The number of aromatic carboxylic acids is 1. The number of furan rings is 1. The van der Waals surface area contributed by atoms with Gasteiger partial charge < -0.3 is 14.8 Å². The summed E-state index contributed by atoms with van der Waals surface area (Å²) < 4.78 is 8.55. The molecule has 0 fully saturated rings. The zero-order chi connectivity index (χ0) is 25.5. The van der Waals surface area contributed by atoms with Crippen molar-refractivity contribution in [3.05, 3.63) is 76.2 Å². The van der Waals surface area contributed by atoms with Crippen LogP contribution in [0.4, 0.5) is 5.82 Å². The second-order valence-corrected chi connectivity index (χ2v) is 9.09. The highest BCUT2D eigenvalue weighted by atomic mass is 79.9. The number of rotatable bonds is 7. The van der Waals surface area contributed by atoms with E-state index in [9.17, 15) is 9.90 Å². The lowest BCUT2D eigenvalue weighted by Crippen LogP contribution is -2.10. The van der Waals surface area contributed by atoms with E-state index in [0.717, 1.165) is 37.8 Å². The molecule has 184 valence electrons. The number of anilines is 1. The molecule has 0 atom stereocenters. The molecule has 0 bridgehead atoms. The number of benzene rings is 2. The number of imidazole rings is 1. The lowest BCUT2D eigenvalue weighted by Gasteiger charge is -2.12. The van der Waals surface area contributed by atoms with Crippen LogP contribution >= 0.6 is 15.9 Å². The lowest BCUT2D eigenvalue weighted by atomic mass is 10.0. The third-order valence-corrected chi connectivity index (χ3v) is 6.84. The largest absolute Gasteiger partial charge is 0.477 e. The first-order valence-corrected chi connectivity index (χ1v) is 12.2. The molecule has 4 heterocycles. The van der Waals surface area contributed by atoms with Crippen molar-refractivity contribution < 1.29 is 14.3 Å².